The summed E-state index contributed by atoms with van der Waals surface area (Å²) in [4.78, 5) is 0.241. The molecule has 0 amide bonds. The van der Waals surface area contributed by atoms with Crippen LogP contribution in [0, 0.1) is 6.92 Å². The van der Waals surface area contributed by atoms with Crippen molar-refractivity contribution in [3.63, 3.8) is 0 Å². The molecule has 0 saturated carbocycles. The number of nitrogens with two attached hydrogens (primary N) is 1. The van der Waals surface area contributed by atoms with Crippen LogP contribution in [0.1, 0.15) is 11.1 Å². The van der Waals surface area contributed by atoms with Crippen molar-refractivity contribution in [2.45, 2.75) is 18.4 Å². The topological polar surface area (TPSA) is 63.4 Å². The summed E-state index contributed by atoms with van der Waals surface area (Å²) in [6, 6.07) is 11.8. The molecule has 21 heavy (non-hydrogen) atoms. The van der Waals surface area contributed by atoms with Crippen LogP contribution in [0.3, 0.4) is 0 Å². The van der Waals surface area contributed by atoms with Crippen molar-refractivity contribution < 1.29 is 8.42 Å². The summed E-state index contributed by atoms with van der Waals surface area (Å²) in [5, 5.41) is 0.624. The minimum atomic E-state index is -3.54. The molecule has 0 unspecified atom stereocenters. The molecule has 0 aliphatic rings. The van der Waals surface area contributed by atoms with Crippen LogP contribution in [0.2, 0.25) is 5.02 Å². The Bertz CT molecular complexity index is 743. The van der Waals surface area contributed by atoms with E-state index in [0.29, 0.717) is 10.7 Å². The van der Waals surface area contributed by atoms with Crippen LogP contribution in [-0.4, -0.2) is 19.8 Å². The second kappa shape index (κ2) is 6.05. The summed E-state index contributed by atoms with van der Waals surface area (Å²) >= 11 is 5.82. The highest BCUT2D eigenvalue weighted by Gasteiger charge is 2.21. The van der Waals surface area contributed by atoms with Crippen LogP contribution in [0.4, 0.5) is 5.69 Å². The van der Waals surface area contributed by atoms with Crippen molar-refractivity contribution >= 4 is 27.3 Å². The molecule has 0 radical (unpaired) electrons. The average molecular weight is 325 g/mol. The molecule has 6 heteroatoms. The van der Waals surface area contributed by atoms with Gasteiger partial charge >= 0.3 is 0 Å². The normalized spacial score (nSPS) is 11.8. The molecule has 2 aromatic carbocycles. The van der Waals surface area contributed by atoms with E-state index in [1.165, 1.54) is 10.4 Å². The number of anilines is 1. The lowest BCUT2D eigenvalue weighted by Gasteiger charge is -2.18. The first-order chi connectivity index (χ1) is 9.80. The van der Waals surface area contributed by atoms with Gasteiger partial charge in [-0.15, -0.1) is 0 Å². The molecular formula is C15H17ClN2O2S. The average Bonchev–Trinajstić information content (AvgIpc) is 2.44. The Morgan fingerprint density at radius 1 is 1.14 bits per heavy atom. The van der Waals surface area contributed by atoms with Gasteiger partial charge in [-0.2, -0.15) is 4.31 Å². The number of halogens is 1. The van der Waals surface area contributed by atoms with Crippen molar-refractivity contribution in [3.8, 4) is 0 Å². The van der Waals surface area contributed by atoms with Crippen LogP contribution < -0.4 is 5.73 Å². The van der Waals surface area contributed by atoms with Crippen molar-refractivity contribution in [1.82, 2.24) is 4.31 Å². The Balaban J connectivity index is 2.25. The molecule has 2 N–H and O–H groups in total. The van der Waals surface area contributed by atoms with Gasteiger partial charge in [-0.25, -0.2) is 8.42 Å². The molecule has 0 aromatic heterocycles. The van der Waals surface area contributed by atoms with Crippen molar-refractivity contribution in [1.29, 1.82) is 0 Å². The maximum absolute atomic E-state index is 12.5. The van der Waals surface area contributed by atoms with Gasteiger partial charge in [-0.05, 0) is 48.4 Å². The Morgan fingerprint density at radius 3 is 2.33 bits per heavy atom. The van der Waals surface area contributed by atoms with Crippen LogP contribution in [0.25, 0.3) is 0 Å². The first-order valence-electron chi connectivity index (χ1n) is 6.37. The Hall–Kier alpha value is -1.56. The van der Waals surface area contributed by atoms with Gasteiger partial charge in [0.15, 0.2) is 0 Å². The molecular weight excluding hydrogens is 308 g/mol. The standard InChI is InChI=1S/C15H17ClN2O2S/c1-11-9-14(7-8-15(11)17)21(19,20)18(2)10-12-3-5-13(16)6-4-12/h3-9H,10,17H2,1-2H3. The SMILES string of the molecule is Cc1cc(S(=O)(=O)N(C)Cc2ccc(Cl)cc2)ccc1N. The molecule has 2 aromatic rings. The highest BCUT2D eigenvalue weighted by molar-refractivity contribution is 7.89. The summed E-state index contributed by atoms with van der Waals surface area (Å²) < 4.78 is 26.4. The number of nitrogens with zero attached hydrogens (tertiary/aromatic N) is 1. The summed E-state index contributed by atoms with van der Waals surface area (Å²) in [5.41, 5.74) is 7.92. The zero-order valence-corrected chi connectivity index (χ0v) is 13.4. The number of benzene rings is 2. The second-order valence-corrected chi connectivity index (χ2v) is 7.39. The zero-order chi connectivity index (χ0) is 15.6. The molecule has 0 saturated heterocycles. The number of aryl methyl sites for hydroxylation is 1. The fourth-order valence-electron chi connectivity index (χ4n) is 1.92. The summed E-state index contributed by atoms with van der Waals surface area (Å²) in [7, 11) is -1.99. The van der Waals surface area contributed by atoms with E-state index < -0.39 is 10.0 Å². The lowest BCUT2D eigenvalue weighted by molar-refractivity contribution is 0.466. The van der Waals surface area contributed by atoms with E-state index in [1.807, 2.05) is 12.1 Å². The Morgan fingerprint density at radius 2 is 1.76 bits per heavy atom. The van der Waals surface area contributed by atoms with E-state index in [2.05, 4.69) is 0 Å². The Labute approximate surface area is 130 Å². The molecule has 0 fully saturated rings. The predicted molar refractivity (Wildman–Crippen MR) is 85.7 cm³/mol. The van der Waals surface area contributed by atoms with Crippen molar-refractivity contribution in [3.05, 3.63) is 58.6 Å². The van der Waals surface area contributed by atoms with Gasteiger partial charge in [-0.1, -0.05) is 23.7 Å². The number of hydrogen-bond donors (Lipinski definition) is 1. The summed E-state index contributed by atoms with van der Waals surface area (Å²) in [5.74, 6) is 0. The third-order valence-electron chi connectivity index (χ3n) is 3.27. The maximum atomic E-state index is 12.5. The van der Waals surface area contributed by atoms with Crippen LogP contribution >= 0.6 is 11.6 Å². The lowest BCUT2D eigenvalue weighted by atomic mass is 10.2. The van der Waals surface area contributed by atoms with Crippen molar-refractivity contribution in [2.24, 2.45) is 0 Å². The predicted octanol–water partition coefficient (Wildman–Crippen LogP) is 3.05. The molecule has 0 heterocycles. The molecule has 0 aliphatic carbocycles. The molecule has 112 valence electrons. The number of sulfonamides is 1. The third-order valence-corrected chi connectivity index (χ3v) is 5.32. The van der Waals surface area contributed by atoms with Crippen LogP contribution in [0.5, 0.6) is 0 Å². The van der Waals surface area contributed by atoms with E-state index in [1.54, 1.807) is 38.2 Å². The van der Waals surface area contributed by atoms with Crippen LogP contribution in [-0.2, 0) is 16.6 Å². The fraction of sp³-hybridized carbons (Fsp3) is 0.200. The molecule has 0 atom stereocenters. The van der Waals surface area contributed by atoms with E-state index in [9.17, 15) is 8.42 Å². The highest BCUT2D eigenvalue weighted by Crippen LogP contribution is 2.21. The zero-order valence-electron chi connectivity index (χ0n) is 11.9. The molecule has 4 nitrogen and oxygen atoms in total. The largest absolute Gasteiger partial charge is 0.399 e. The fourth-order valence-corrected chi connectivity index (χ4v) is 3.29. The number of hydrogen-bond acceptors (Lipinski definition) is 3. The first kappa shape index (κ1) is 15.8. The smallest absolute Gasteiger partial charge is 0.243 e. The van der Waals surface area contributed by atoms with Gasteiger partial charge < -0.3 is 5.73 Å². The maximum Gasteiger partial charge on any atom is 0.243 e. The van der Waals surface area contributed by atoms with E-state index in [-0.39, 0.29) is 11.4 Å². The van der Waals surface area contributed by atoms with E-state index >= 15 is 0 Å². The lowest BCUT2D eigenvalue weighted by Crippen LogP contribution is -2.26. The van der Waals surface area contributed by atoms with Gasteiger partial charge in [0, 0.05) is 24.3 Å². The molecule has 0 bridgehead atoms. The van der Waals surface area contributed by atoms with Gasteiger partial charge in [0.25, 0.3) is 0 Å². The van der Waals surface area contributed by atoms with Crippen molar-refractivity contribution in [2.75, 3.05) is 12.8 Å². The quantitative estimate of drug-likeness (QED) is 0.879. The van der Waals surface area contributed by atoms with Gasteiger partial charge in [-0.3, -0.25) is 0 Å². The third kappa shape index (κ3) is 3.56. The van der Waals surface area contributed by atoms with Gasteiger partial charge in [0.1, 0.15) is 0 Å². The van der Waals surface area contributed by atoms with Crippen LogP contribution in [0.15, 0.2) is 47.4 Å². The molecule has 0 spiro atoms. The minimum Gasteiger partial charge on any atom is -0.399 e. The van der Waals surface area contributed by atoms with E-state index in [0.717, 1.165) is 11.1 Å². The minimum absolute atomic E-state index is 0.241. The monoisotopic (exact) mass is 324 g/mol. The molecule has 0 aliphatic heterocycles. The first-order valence-corrected chi connectivity index (χ1v) is 8.19. The highest BCUT2D eigenvalue weighted by atomic mass is 35.5. The van der Waals surface area contributed by atoms with E-state index in [4.69, 9.17) is 17.3 Å². The summed E-state index contributed by atoms with van der Waals surface area (Å²) in [6.07, 6.45) is 0. The Kier molecular flexibility index (Phi) is 4.56. The molecule has 2 rings (SSSR count). The second-order valence-electron chi connectivity index (χ2n) is 4.91. The summed E-state index contributed by atoms with van der Waals surface area (Å²) in [6.45, 7) is 2.07. The number of nitrogen functional groups attached to an aromatic ring is 1. The number of rotatable bonds is 4. The van der Waals surface area contributed by atoms with Gasteiger partial charge in [0.05, 0.1) is 4.90 Å². The van der Waals surface area contributed by atoms with Gasteiger partial charge in [0.2, 0.25) is 10.0 Å².